The van der Waals surface area contributed by atoms with Gasteiger partial charge in [0.05, 0.1) is 20.3 Å². The van der Waals surface area contributed by atoms with Crippen molar-refractivity contribution >= 4 is 11.8 Å². The molecule has 1 fully saturated rings. The van der Waals surface area contributed by atoms with Crippen molar-refractivity contribution < 1.29 is 19.1 Å². The molecule has 1 heterocycles. The molecule has 2 atom stereocenters. The molecule has 33 heavy (non-hydrogen) atoms. The Morgan fingerprint density at radius 1 is 0.970 bits per heavy atom. The average Bonchev–Trinajstić information content (AvgIpc) is 3.37. The fourth-order valence-corrected chi connectivity index (χ4v) is 4.17. The van der Waals surface area contributed by atoms with Crippen LogP contribution in [-0.4, -0.2) is 56.6 Å². The van der Waals surface area contributed by atoms with Crippen molar-refractivity contribution in [3.8, 4) is 11.5 Å². The van der Waals surface area contributed by atoms with Gasteiger partial charge in [0.1, 0.15) is 17.5 Å². The first-order valence-electron chi connectivity index (χ1n) is 11.5. The van der Waals surface area contributed by atoms with E-state index in [0.717, 1.165) is 37.2 Å². The zero-order valence-corrected chi connectivity index (χ0v) is 20.0. The third kappa shape index (κ3) is 6.48. The predicted molar refractivity (Wildman–Crippen MR) is 129 cm³/mol. The molecule has 3 rings (SSSR count). The molecular weight excluding hydrogens is 418 g/mol. The SMILES string of the molecule is COc1ccc(C(=O)NC(C(=O)NCC(c2cccc(OC)c2)N2CCCC2)C(C)C)cc1. The van der Waals surface area contributed by atoms with Crippen LogP contribution >= 0.6 is 0 Å². The van der Waals surface area contributed by atoms with E-state index < -0.39 is 6.04 Å². The second-order valence-corrected chi connectivity index (χ2v) is 8.70. The third-order valence-corrected chi connectivity index (χ3v) is 6.12. The summed E-state index contributed by atoms with van der Waals surface area (Å²) in [4.78, 5) is 28.3. The van der Waals surface area contributed by atoms with Crippen LogP contribution in [0.15, 0.2) is 48.5 Å². The van der Waals surface area contributed by atoms with Crippen LogP contribution < -0.4 is 20.1 Å². The van der Waals surface area contributed by atoms with Gasteiger partial charge in [-0.15, -0.1) is 0 Å². The number of likely N-dealkylation sites (tertiary alicyclic amines) is 1. The molecule has 1 saturated heterocycles. The summed E-state index contributed by atoms with van der Waals surface area (Å²) < 4.78 is 10.5. The average molecular weight is 454 g/mol. The zero-order valence-electron chi connectivity index (χ0n) is 20.0. The fraction of sp³-hybridized carbons (Fsp3) is 0.462. The summed E-state index contributed by atoms with van der Waals surface area (Å²) in [6.45, 7) is 6.32. The fourth-order valence-electron chi connectivity index (χ4n) is 4.17. The van der Waals surface area contributed by atoms with Crippen molar-refractivity contribution in [3.63, 3.8) is 0 Å². The van der Waals surface area contributed by atoms with E-state index in [-0.39, 0.29) is 23.8 Å². The van der Waals surface area contributed by atoms with Gasteiger partial charge in [-0.2, -0.15) is 0 Å². The van der Waals surface area contributed by atoms with Crippen molar-refractivity contribution in [2.75, 3.05) is 33.9 Å². The largest absolute Gasteiger partial charge is 0.497 e. The molecule has 1 aliphatic rings. The highest BCUT2D eigenvalue weighted by Crippen LogP contribution is 2.27. The van der Waals surface area contributed by atoms with Crippen LogP contribution in [0.25, 0.3) is 0 Å². The van der Waals surface area contributed by atoms with E-state index in [0.29, 0.717) is 17.9 Å². The lowest BCUT2D eigenvalue weighted by Crippen LogP contribution is -2.51. The van der Waals surface area contributed by atoms with Crippen molar-refractivity contribution in [1.82, 2.24) is 15.5 Å². The number of benzene rings is 2. The number of hydrogen-bond donors (Lipinski definition) is 2. The standard InChI is InChI=1S/C26H35N3O4/c1-18(2)24(28-25(30)19-10-12-21(32-3)13-11-19)26(31)27-17-23(29-14-5-6-15-29)20-8-7-9-22(16-20)33-4/h7-13,16,18,23-24H,5-6,14-15,17H2,1-4H3,(H,27,31)(H,28,30). The highest BCUT2D eigenvalue weighted by atomic mass is 16.5. The Kier molecular flexibility index (Phi) is 8.72. The Bertz CT molecular complexity index is 923. The smallest absolute Gasteiger partial charge is 0.251 e. The minimum atomic E-state index is -0.635. The molecule has 7 heteroatoms. The van der Waals surface area contributed by atoms with Crippen LogP contribution in [0.2, 0.25) is 0 Å². The molecule has 0 radical (unpaired) electrons. The predicted octanol–water partition coefficient (Wildman–Crippen LogP) is 3.41. The van der Waals surface area contributed by atoms with Gasteiger partial charge in [0, 0.05) is 12.1 Å². The molecule has 0 aromatic heterocycles. The van der Waals surface area contributed by atoms with E-state index in [4.69, 9.17) is 9.47 Å². The van der Waals surface area contributed by atoms with Crippen LogP contribution in [0.4, 0.5) is 0 Å². The number of ether oxygens (including phenoxy) is 2. The lowest BCUT2D eigenvalue weighted by atomic mass is 10.0. The number of nitrogens with zero attached hydrogens (tertiary/aromatic N) is 1. The second-order valence-electron chi connectivity index (χ2n) is 8.70. The van der Waals surface area contributed by atoms with Crippen molar-refractivity contribution in [2.24, 2.45) is 5.92 Å². The molecule has 2 unspecified atom stereocenters. The summed E-state index contributed by atoms with van der Waals surface area (Å²) in [7, 11) is 3.24. The minimum Gasteiger partial charge on any atom is -0.497 e. The zero-order chi connectivity index (χ0) is 23.8. The lowest BCUT2D eigenvalue weighted by molar-refractivity contribution is -0.124. The number of rotatable bonds is 10. The number of nitrogens with one attached hydrogen (secondary N) is 2. The Labute approximate surface area is 196 Å². The maximum Gasteiger partial charge on any atom is 0.251 e. The van der Waals surface area contributed by atoms with Gasteiger partial charge in [0.2, 0.25) is 5.91 Å². The van der Waals surface area contributed by atoms with E-state index in [1.165, 1.54) is 0 Å². The molecule has 0 aliphatic carbocycles. The van der Waals surface area contributed by atoms with Gasteiger partial charge in [-0.3, -0.25) is 14.5 Å². The summed E-state index contributed by atoms with van der Waals surface area (Å²) in [6.07, 6.45) is 2.31. The van der Waals surface area contributed by atoms with Gasteiger partial charge < -0.3 is 20.1 Å². The Hall–Kier alpha value is -3.06. The lowest BCUT2D eigenvalue weighted by Gasteiger charge is -2.30. The number of methoxy groups -OCH3 is 2. The van der Waals surface area contributed by atoms with Crippen molar-refractivity contribution in [3.05, 3.63) is 59.7 Å². The number of carbonyl (C=O) groups excluding carboxylic acids is 2. The number of carbonyl (C=O) groups is 2. The van der Waals surface area contributed by atoms with Gasteiger partial charge in [-0.25, -0.2) is 0 Å². The van der Waals surface area contributed by atoms with E-state index in [9.17, 15) is 9.59 Å². The topological polar surface area (TPSA) is 79.9 Å². The Morgan fingerprint density at radius 2 is 1.64 bits per heavy atom. The molecule has 2 aromatic rings. The molecule has 0 saturated carbocycles. The molecule has 0 spiro atoms. The summed E-state index contributed by atoms with van der Waals surface area (Å²) in [5, 5.41) is 5.99. The van der Waals surface area contributed by atoms with Gasteiger partial charge in [0.25, 0.3) is 5.91 Å². The van der Waals surface area contributed by atoms with Crippen molar-refractivity contribution in [2.45, 2.75) is 38.8 Å². The summed E-state index contributed by atoms with van der Waals surface area (Å²) in [5.41, 5.74) is 1.60. The molecule has 2 N–H and O–H groups in total. The minimum absolute atomic E-state index is 0.0525. The van der Waals surface area contributed by atoms with E-state index >= 15 is 0 Å². The van der Waals surface area contributed by atoms with Gasteiger partial charge in [-0.1, -0.05) is 26.0 Å². The molecule has 2 amide bonds. The normalized spacial score (nSPS) is 15.7. The molecule has 2 aromatic carbocycles. The highest BCUT2D eigenvalue weighted by molar-refractivity contribution is 5.97. The quantitative estimate of drug-likeness (QED) is 0.576. The maximum atomic E-state index is 13.1. The molecule has 0 bridgehead atoms. The van der Waals surface area contributed by atoms with Crippen LogP contribution in [-0.2, 0) is 4.79 Å². The summed E-state index contributed by atoms with van der Waals surface area (Å²) in [5.74, 6) is 0.952. The first-order chi connectivity index (χ1) is 15.9. The number of amides is 2. The molecule has 178 valence electrons. The first-order valence-corrected chi connectivity index (χ1v) is 11.5. The van der Waals surface area contributed by atoms with E-state index in [1.54, 1.807) is 38.5 Å². The Morgan fingerprint density at radius 3 is 2.24 bits per heavy atom. The summed E-state index contributed by atoms with van der Waals surface area (Å²) >= 11 is 0. The second kappa shape index (κ2) is 11.7. The van der Waals surface area contributed by atoms with Crippen LogP contribution in [0.1, 0.15) is 48.7 Å². The molecular formula is C26H35N3O4. The van der Waals surface area contributed by atoms with Gasteiger partial charge in [-0.05, 0) is 73.8 Å². The maximum absolute atomic E-state index is 13.1. The third-order valence-electron chi connectivity index (χ3n) is 6.12. The van der Waals surface area contributed by atoms with Crippen LogP contribution in [0.5, 0.6) is 11.5 Å². The van der Waals surface area contributed by atoms with Gasteiger partial charge in [0.15, 0.2) is 0 Å². The van der Waals surface area contributed by atoms with Gasteiger partial charge >= 0.3 is 0 Å². The first kappa shape index (κ1) is 24.6. The van der Waals surface area contributed by atoms with E-state index in [1.807, 2.05) is 32.0 Å². The van der Waals surface area contributed by atoms with Crippen LogP contribution in [0, 0.1) is 5.92 Å². The molecule has 7 nitrogen and oxygen atoms in total. The molecule has 1 aliphatic heterocycles. The summed E-state index contributed by atoms with van der Waals surface area (Å²) in [6, 6.07) is 14.3. The van der Waals surface area contributed by atoms with Crippen LogP contribution in [0.3, 0.4) is 0 Å². The highest BCUT2D eigenvalue weighted by Gasteiger charge is 2.28. The van der Waals surface area contributed by atoms with Crippen molar-refractivity contribution in [1.29, 1.82) is 0 Å². The number of hydrogen-bond acceptors (Lipinski definition) is 5. The van der Waals surface area contributed by atoms with E-state index in [2.05, 4.69) is 21.6 Å². The Balaban J connectivity index is 1.68. The monoisotopic (exact) mass is 453 g/mol.